The van der Waals surface area contributed by atoms with Crippen molar-refractivity contribution in [2.24, 2.45) is 0 Å². The summed E-state index contributed by atoms with van der Waals surface area (Å²) in [5, 5.41) is 10.7. The standard InChI is InChI=1S/C14H14F3NO3/c1-9-2-3-11(8-10(9)4-5-12(19)20)13(21)18-7-6-14(15,16)17/h2-5,8H,6-7H2,1H3,(H,18,21)(H,19,20)/b5-4+. The lowest BCUT2D eigenvalue weighted by Gasteiger charge is -2.09. The van der Waals surface area contributed by atoms with E-state index >= 15 is 0 Å². The number of amides is 1. The molecule has 2 N–H and O–H groups in total. The van der Waals surface area contributed by atoms with Crippen molar-refractivity contribution in [2.75, 3.05) is 6.54 Å². The molecule has 114 valence electrons. The van der Waals surface area contributed by atoms with Crippen molar-refractivity contribution in [2.45, 2.75) is 19.5 Å². The maximum atomic E-state index is 12.0. The normalized spacial score (nSPS) is 11.6. The van der Waals surface area contributed by atoms with Crippen LogP contribution in [-0.4, -0.2) is 29.7 Å². The third-order valence-electron chi connectivity index (χ3n) is 2.64. The number of aryl methyl sites for hydroxylation is 1. The van der Waals surface area contributed by atoms with Crippen molar-refractivity contribution >= 4 is 18.0 Å². The second kappa shape index (κ2) is 6.92. The number of carbonyl (C=O) groups is 2. The van der Waals surface area contributed by atoms with Crippen molar-refractivity contribution in [1.82, 2.24) is 5.32 Å². The summed E-state index contributed by atoms with van der Waals surface area (Å²) < 4.78 is 36.0. The average Bonchev–Trinajstić information content (AvgIpc) is 2.35. The zero-order valence-electron chi connectivity index (χ0n) is 11.2. The van der Waals surface area contributed by atoms with Crippen LogP contribution in [-0.2, 0) is 4.79 Å². The Morgan fingerprint density at radius 1 is 1.33 bits per heavy atom. The molecule has 0 unspecified atom stereocenters. The second-order valence-corrected chi connectivity index (χ2v) is 4.36. The Hall–Kier alpha value is -2.31. The molecule has 0 bridgehead atoms. The minimum Gasteiger partial charge on any atom is -0.478 e. The number of carboxylic acids is 1. The fraction of sp³-hybridized carbons (Fsp3) is 0.286. The van der Waals surface area contributed by atoms with E-state index in [1.807, 2.05) is 0 Å². The van der Waals surface area contributed by atoms with Crippen molar-refractivity contribution in [1.29, 1.82) is 0 Å². The van der Waals surface area contributed by atoms with Gasteiger partial charge >= 0.3 is 12.1 Å². The largest absolute Gasteiger partial charge is 0.478 e. The van der Waals surface area contributed by atoms with Crippen LogP contribution in [0.1, 0.15) is 27.9 Å². The summed E-state index contributed by atoms with van der Waals surface area (Å²) in [7, 11) is 0. The summed E-state index contributed by atoms with van der Waals surface area (Å²) in [6.45, 7) is 1.23. The highest BCUT2D eigenvalue weighted by molar-refractivity contribution is 5.95. The van der Waals surface area contributed by atoms with Crippen molar-refractivity contribution in [3.63, 3.8) is 0 Å². The van der Waals surface area contributed by atoms with Gasteiger partial charge in [0.1, 0.15) is 0 Å². The molecule has 0 aliphatic rings. The molecule has 0 aliphatic carbocycles. The molecule has 1 rings (SSSR count). The lowest BCUT2D eigenvalue weighted by Crippen LogP contribution is -2.27. The van der Waals surface area contributed by atoms with E-state index in [2.05, 4.69) is 5.32 Å². The molecule has 0 saturated carbocycles. The SMILES string of the molecule is Cc1ccc(C(=O)NCCC(F)(F)F)cc1/C=C/C(=O)O. The molecule has 1 aromatic rings. The van der Waals surface area contributed by atoms with Gasteiger partial charge in [0.2, 0.25) is 0 Å². The number of hydrogen-bond donors (Lipinski definition) is 2. The smallest absolute Gasteiger partial charge is 0.390 e. The molecule has 7 heteroatoms. The highest BCUT2D eigenvalue weighted by Gasteiger charge is 2.26. The van der Waals surface area contributed by atoms with Gasteiger partial charge in [-0.3, -0.25) is 4.79 Å². The van der Waals surface area contributed by atoms with Gasteiger partial charge in [-0.25, -0.2) is 4.79 Å². The molecular weight excluding hydrogens is 287 g/mol. The van der Waals surface area contributed by atoms with E-state index in [1.165, 1.54) is 18.2 Å². The predicted molar refractivity (Wildman–Crippen MR) is 70.9 cm³/mol. The van der Waals surface area contributed by atoms with Crippen molar-refractivity contribution in [3.8, 4) is 0 Å². The van der Waals surface area contributed by atoms with E-state index < -0.39 is 31.0 Å². The molecule has 0 fully saturated rings. The van der Waals surface area contributed by atoms with Gasteiger partial charge in [-0.2, -0.15) is 13.2 Å². The molecule has 1 amide bonds. The number of hydrogen-bond acceptors (Lipinski definition) is 2. The summed E-state index contributed by atoms with van der Waals surface area (Å²) in [6, 6.07) is 4.49. The number of rotatable bonds is 5. The maximum Gasteiger partial charge on any atom is 0.390 e. The number of benzene rings is 1. The lowest BCUT2D eigenvalue weighted by molar-refractivity contribution is -0.133. The zero-order valence-corrected chi connectivity index (χ0v) is 11.2. The van der Waals surface area contributed by atoms with E-state index in [0.29, 0.717) is 5.56 Å². The Morgan fingerprint density at radius 3 is 2.57 bits per heavy atom. The molecule has 0 aromatic heterocycles. The summed E-state index contributed by atoms with van der Waals surface area (Å²) in [4.78, 5) is 22.2. The van der Waals surface area contributed by atoms with Gasteiger partial charge in [-0.1, -0.05) is 6.07 Å². The molecule has 4 nitrogen and oxygen atoms in total. The van der Waals surface area contributed by atoms with Crippen molar-refractivity contribution < 1.29 is 27.9 Å². The summed E-state index contributed by atoms with van der Waals surface area (Å²) >= 11 is 0. The molecule has 1 aromatic carbocycles. The molecule has 0 saturated heterocycles. The van der Waals surface area contributed by atoms with E-state index in [9.17, 15) is 22.8 Å². The Kier molecular flexibility index (Phi) is 5.52. The van der Waals surface area contributed by atoms with E-state index in [0.717, 1.165) is 11.6 Å². The minimum absolute atomic E-state index is 0.174. The van der Waals surface area contributed by atoms with Gasteiger partial charge in [0.25, 0.3) is 5.91 Å². The summed E-state index contributed by atoms with van der Waals surface area (Å²) in [6.07, 6.45) is -3.18. The summed E-state index contributed by atoms with van der Waals surface area (Å²) in [5.74, 6) is -1.77. The number of aliphatic carboxylic acids is 1. The summed E-state index contributed by atoms with van der Waals surface area (Å²) in [5.41, 5.74) is 1.44. The minimum atomic E-state index is -4.32. The van der Waals surface area contributed by atoms with Gasteiger partial charge in [0.15, 0.2) is 0 Å². The molecule has 0 spiro atoms. The highest BCUT2D eigenvalue weighted by atomic mass is 19.4. The van der Waals surface area contributed by atoms with E-state index in [4.69, 9.17) is 5.11 Å². The van der Waals surface area contributed by atoms with Crippen LogP contribution in [0.5, 0.6) is 0 Å². The third-order valence-corrected chi connectivity index (χ3v) is 2.64. The Bertz CT molecular complexity index is 565. The average molecular weight is 301 g/mol. The monoisotopic (exact) mass is 301 g/mol. The van der Waals surface area contributed by atoms with Crippen LogP contribution in [0.4, 0.5) is 13.2 Å². The Labute approximate surface area is 119 Å². The van der Waals surface area contributed by atoms with Gasteiger partial charge < -0.3 is 10.4 Å². The first kappa shape index (κ1) is 16.7. The topological polar surface area (TPSA) is 66.4 Å². The van der Waals surface area contributed by atoms with E-state index in [1.54, 1.807) is 13.0 Å². The third kappa shape index (κ3) is 6.11. The van der Waals surface area contributed by atoms with Crippen LogP contribution in [0.3, 0.4) is 0 Å². The van der Waals surface area contributed by atoms with Gasteiger partial charge in [0, 0.05) is 18.2 Å². The molecule has 0 radical (unpaired) electrons. The van der Waals surface area contributed by atoms with Gasteiger partial charge in [-0.05, 0) is 36.3 Å². The first-order valence-corrected chi connectivity index (χ1v) is 6.05. The molecular formula is C14H14F3NO3. The molecule has 21 heavy (non-hydrogen) atoms. The van der Waals surface area contributed by atoms with Crippen molar-refractivity contribution in [3.05, 3.63) is 41.0 Å². The van der Waals surface area contributed by atoms with Crippen LogP contribution in [0.15, 0.2) is 24.3 Å². The zero-order chi connectivity index (χ0) is 16.0. The Morgan fingerprint density at radius 2 is 2.00 bits per heavy atom. The van der Waals surface area contributed by atoms with Crippen LogP contribution >= 0.6 is 0 Å². The van der Waals surface area contributed by atoms with Crippen LogP contribution < -0.4 is 5.32 Å². The van der Waals surface area contributed by atoms with Gasteiger partial charge in [-0.15, -0.1) is 0 Å². The number of halogens is 3. The molecule has 0 heterocycles. The number of nitrogens with one attached hydrogen (secondary N) is 1. The fourth-order valence-electron chi connectivity index (χ4n) is 1.54. The lowest BCUT2D eigenvalue weighted by atomic mass is 10.0. The van der Waals surface area contributed by atoms with Crippen LogP contribution in [0.25, 0.3) is 6.08 Å². The Balaban J connectivity index is 2.77. The first-order chi connectivity index (χ1) is 9.69. The van der Waals surface area contributed by atoms with E-state index in [-0.39, 0.29) is 5.56 Å². The number of carbonyl (C=O) groups excluding carboxylic acids is 1. The fourth-order valence-corrected chi connectivity index (χ4v) is 1.54. The molecule has 0 atom stereocenters. The highest BCUT2D eigenvalue weighted by Crippen LogP contribution is 2.18. The molecule has 0 aliphatic heterocycles. The van der Waals surface area contributed by atoms with Gasteiger partial charge in [0.05, 0.1) is 6.42 Å². The maximum absolute atomic E-state index is 12.0. The van der Waals surface area contributed by atoms with Crippen LogP contribution in [0, 0.1) is 6.92 Å². The van der Waals surface area contributed by atoms with Crippen LogP contribution in [0.2, 0.25) is 0 Å². The predicted octanol–water partition coefficient (Wildman–Crippen LogP) is 2.78. The quantitative estimate of drug-likeness (QED) is 0.822. The first-order valence-electron chi connectivity index (χ1n) is 6.05. The number of alkyl halides is 3. The second-order valence-electron chi connectivity index (χ2n) is 4.36. The number of carboxylic acid groups (broad SMARTS) is 1.